The Bertz CT molecular complexity index is 1740. The van der Waals surface area contributed by atoms with Gasteiger partial charge in [-0.15, -0.1) is 0 Å². The van der Waals surface area contributed by atoms with E-state index < -0.39 is 33.2 Å². The minimum absolute atomic E-state index is 0.0394. The predicted octanol–water partition coefficient (Wildman–Crippen LogP) is 7.14. The molecule has 8 fully saturated rings. The molecule has 322 valence electrons. The van der Waals surface area contributed by atoms with Gasteiger partial charge in [0.25, 0.3) is 0 Å². The number of carbonyl (C=O) groups excluding carboxylic acids is 2. The third-order valence-electron chi connectivity index (χ3n) is 20.4. The van der Waals surface area contributed by atoms with Crippen LogP contribution < -0.4 is 5.32 Å². The van der Waals surface area contributed by atoms with Gasteiger partial charge in [-0.3, -0.25) is 19.3 Å². The molecule has 8 aliphatic rings. The molecule has 7 saturated carbocycles. The summed E-state index contributed by atoms with van der Waals surface area (Å²) in [5.74, 6) is 0.812. The van der Waals surface area contributed by atoms with Crippen LogP contribution in [0.5, 0.6) is 0 Å². The van der Waals surface area contributed by atoms with Gasteiger partial charge in [-0.1, -0.05) is 55.4 Å². The molecule has 1 heterocycles. The van der Waals surface area contributed by atoms with E-state index in [1.165, 1.54) is 52.1 Å². The Morgan fingerprint density at radius 2 is 1.44 bits per heavy atom. The number of sulfone groups is 1. The first-order chi connectivity index (χ1) is 26.5. The maximum absolute atomic E-state index is 13.7. The SMILES string of the molecule is COC(=O)[C@@H](CN[C@]12CC[C@@H](C3(C)CC3)[C@@H]1[C@H]1CC[C@@H]3[C@@]4(C)CC[C@H](OC(=O)[C@H]5C[C@@H](C(=O)O)C5(C)C)C(C)(C)[C@@H]4CC[C@@]3(C)[C@]1(C)CC2)N1CCS(=O)(=O)CC1. The lowest BCUT2D eigenvalue weighted by atomic mass is 9.32. The Kier molecular flexibility index (Phi) is 10.0. The summed E-state index contributed by atoms with van der Waals surface area (Å²) in [5, 5.41) is 13.8. The standard InChI is InChI=1S/C46H74N2O8S/c1-40(2)30(37(49)50)26-31(40)38(51)56-35-14-15-43(6)33(41(35,3)4)13-16-45(8)34(43)11-10-29-36-28(42(5)18-19-42)12-17-46(36,21-20-44(29,45)7)47-27-32(39(52)55-9)48-22-24-57(53,54)25-23-48/h28-36,47H,10-27H2,1-9H3,(H,49,50)/t28-,29-,30+,31-,32-,33+,34-,35+,36-,43+,44-,45-,46+/m1/s1. The topological polar surface area (TPSA) is 139 Å². The number of nitrogens with zero attached hydrogens (tertiary/aromatic N) is 1. The second kappa shape index (κ2) is 13.6. The van der Waals surface area contributed by atoms with E-state index in [2.05, 4.69) is 46.9 Å². The quantitative estimate of drug-likeness (QED) is 0.231. The number of esters is 2. The van der Waals surface area contributed by atoms with E-state index in [1.807, 2.05) is 18.7 Å². The van der Waals surface area contributed by atoms with Crippen LogP contribution in [0.4, 0.5) is 0 Å². The van der Waals surface area contributed by atoms with Crippen LogP contribution in [0.25, 0.3) is 0 Å². The molecular formula is C46H74N2O8S. The third kappa shape index (κ3) is 6.23. The summed E-state index contributed by atoms with van der Waals surface area (Å²) in [6, 6.07) is -0.493. The van der Waals surface area contributed by atoms with Crippen LogP contribution in [0.15, 0.2) is 0 Å². The number of ether oxygens (including phenoxy) is 2. The summed E-state index contributed by atoms with van der Waals surface area (Å²) in [5.41, 5.74) is 0.0701. The second-order valence-corrected chi connectivity index (χ2v) is 25.3. The first kappa shape index (κ1) is 42.0. The smallest absolute Gasteiger partial charge is 0.324 e. The first-order valence-electron chi connectivity index (χ1n) is 22.7. The zero-order valence-electron chi connectivity index (χ0n) is 36.6. The fourth-order valence-electron chi connectivity index (χ4n) is 16.2. The van der Waals surface area contributed by atoms with E-state index in [1.54, 1.807) is 0 Å². The molecule has 8 rings (SSSR count). The summed E-state index contributed by atoms with van der Waals surface area (Å²) >= 11 is 0. The average Bonchev–Trinajstić information content (AvgIpc) is 3.75. The van der Waals surface area contributed by atoms with E-state index >= 15 is 0 Å². The van der Waals surface area contributed by atoms with Crippen LogP contribution in [0.1, 0.15) is 139 Å². The summed E-state index contributed by atoms with van der Waals surface area (Å²) in [7, 11) is -1.62. The molecule has 0 radical (unpaired) electrons. The van der Waals surface area contributed by atoms with Crippen molar-refractivity contribution in [2.75, 3.05) is 38.2 Å². The van der Waals surface area contributed by atoms with Crippen molar-refractivity contribution in [1.82, 2.24) is 10.2 Å². The summed E-state index contributed by atoms with van der Waals surface area (Å²) in [4.78, 5) is 40.8. The molecule has 0 aromatic carbocycles. The summed E-state index contributed by atoms with van der Waals surface area (Å²) in [6.45, 7) is 20.2. The normalized spacial score (nSPS) is 46.8. The largest absolute Gasteiger partial charge is 0.481 e. The number of fused-ring (bicyclic) bond motifs is 7. The monoisotopic (exact) mass is 815 g/mol. The van der Waals surface area contributed by atoms with Crippen molar-refractivity contribution in [2.45, 2.75) is 157 Å². The number of hydrogen-bond donors (Lipinski definition) is 2. The van der Waals surface area contributed by atoms with Gasteiger partial charge >= 0.3 is 17.9 Å². The Balaban J connectivity index is 1.03. The van der Waals surface area contributed by atoms with Crippen molar-refractivity contribution < 1.29 is 37.4 Å². The highest BCUT2D eigenvalue weighted by atomic mass is 32.2. The van der Waals surface area contributed by atoms with Crippen LogP contribution in [-0.2, 0) is 33.7 Å². The van der Waals surface area contributed by atoms with Gasteiger partial charge in [-0.25, -0.2) is 8.42 Å². The van der Waals surface area contributed by atoms with E-state index in [-0.39, 0.29) is 62.7 Å². The molecule has 57 heavy (non-hydrogen) atoms. The molecule has 10 nitrogen and oxygen atoms in total. The molecule has 0 bridgehead atoms. The Morgan fingerprint density at radius 1 is 0.754 bits per heavy atom. The van der Waals surface area contributed by atoms with Crippen LogP contribution in [0.2, 0.25) is 0 Å². The van der Waals surface area contributed by atoms with Gasteiger partial charge in [-0.05, 0) is 140 Å². The van der Waals surface area contributed by atoms with Crippen molar-refractivity contribution in [3.8, 4) is 0 Å². The molecule has 11 heteroatoms. The average molecular weight is 815 g/mol. The molecule has 13 atom stereocenters. The highest BCUT2D eigenvalue weighted by Crippen LogP contribution is 2.78. The van der Waals surface area contributed by atoms with Crippen LogP contribution in [-0.4, -0.2) is 92.3 Å². The van der Waals surface area contributed by atoms with Gasteiger partial charge in [0.1, 0.15) is 12.1 Å². The number of aliphatic carboxylic acids is 1. The van der Waals surface area contributed by atoms with Crippen molar-refractivity contribution in [2.24, 2.45) is 73.9 Å². The maximum atomic E-state index is 13.7. The second-order valence-electron chi connectivity index (χ2n) is 23.0. The molecule has 0 aromatic rings. The number of rotatable bonds is 9. The van der Waals surface area contributed by atoms with Crippen molar-refractivity contribution in [1.29, 1.82) is 0 Å². The van der Waals surface area contributed by atoms with Crippen molar-refractivity contribution >= 4 is 27.7 Å². The Labute approximate surface area is 343 Å². The molecule has 0 amide bonds. The van der Waals surface area contributed by atoms with Gasteiger partial charge in [0.15, 0.2) is 9.84 Å². The van der Waals surface area contributed by atoms with Gasteiger partial charge in [0.05, 0.1) is 30.5 Å². The Morgan fingerprint density at radius 3 is 2.05 bits per heavy atom. The predicted molar refractivity (Wildman–Crippen MR) is 219 cm³/mol. The van der Waals surface area contributed by atoms with Crippen LogP contribution in [0, 0.1) is 73.9 Å². The number of hydrogen-bond acceptors (Lipinski definition) is 9. The number of carboxylic acid groups (broad SMARTS) is 1. The highest BCUT2D eigenvalue weighted by molar-refractivity contribution is 7.91. The van der Waals surface area contributed by atoms with Gasteiger partial charge < -0.3 is 19.9 Å². The van der Waals surface area contributed by atoms with Crippen molar-refractivity contribution in [3.05, 3.63) is 0 Å². The maximum Gasteiger partial charge on any atom is 0.324 e. The lowest BCUT2D eigenvalue weighted by molar-refractivity contribution is -0.250. The number of methoxy groups -OCH3 is 1. The zero-order chi connectivity index (χ0) is 41.4. The third-order valence-corrected chi connectivity index (χ3v) is 22.0. The van der Waals surface area contributed by atoms with E-state index in [0.29, 0.717) is 61.1 Å². The van der Waals surface area contributed by atoms with E-state index in [4.69, 9.17) is 9.47 Å². The molecular weight excluding hydrogens is 741 g/mol. The fourth-order valence-corrected chi connectivity index (χ4v) is 17.5. The number of carboxylic acids is 1. The molecule has 1 saturated heterocycles. The van der Waals surface area contributed by atoms with Crippen LogP contribution in [0.3, 0.4) is 0 Å². The highest BCUT2D eigenvalue weighted by Gasteiger charge is 2.72. The van der Waals surface area contributed by atoms with Gasteiger partial charge in [0.2, 0.25) is 0 Å². The van der Waals surface area contributed by atoms with Crippen molar-refractivity contribution in [3.63, 3.8) is 0 Å². The van der Waals surface area contributed by atoms with E-state index in [9.17, 15) is 27.9 Å². The van der Waals surface area contributed by atoms with Crippen LogP contribution >= 0.6 is 0 Å². The molecule has 2 N–H and O–H groups in total. The minimum Gasteiger partial charge on any atom is -0.481 e. The first-order valence-corrected chi connectivity index (χ1v) is 24.5. The molecule has 1 aliphatic heterocycles. The number of carbonyl (C=O) groups is 3. The molecule has 7 aliphatic carbocycles. The Hall–Kier alpha value is -1.72. The molecule has 0 unspecified atom stereocenters. The lowest BCUT2D eigenvalue weighted by Gasteiger charge is -2.73. The van der Waals surface area contributed by atoms with Gasteiger partial charge in [0, 0.05) is 30.6 Å². The minimum atomic E-state index is -3.07. The summed E-state index contributed by atoms with van der Waals surface area (Å²) in [6.07, 6.45) is 14.1. The molecule has 0 aromatic heterocycles. The zero-order valence-corrected chi connectivity index (χ0v) is 37.4. The fraction of sp³-hybridized carbons (Fsp3) is 0.935. The summed E-state index contributed by atoms with van der Waals surface area (Å²) < 4.78 is 36.4. The lowest BCUT2D eigenvalue weighted by Crippen LogP contribution is -2.69. The number of nitrogens with one attached hydrogen (secondary N) is 1. The van der Waals surface area contributed by atoms with E-state index in [0.717, 1.165) is 32.1 Å². The van der Waals surface area contributed by atoms with Gasteiger partial charge in [-0.2, -0.15) is 0 Å². The molecule has 0 spiro atoms.